The molecule has 3 aromatic heterocycles. The van der Waals surface area contributed by atoms with Gasteiger partial charge in [0.2, 0.25) is 23.6 Å². The summed E-state index contributed by atoms with van der Waals surface area (Å²) < 4.78 is 19.0. The summed E-state index contributed by atoms with van der Waals surface area (Å²) in [7, 11) is 0. The fraction of sp³-hybridized carbons (Fsp3) is 0.240. The van der Waals surface area contributed by atoms with E-state index in [2.05, 4.69) is 25.5 Å². The van der Waals surface area contributed by atoms with Crippen LogP contribution in [0.4, 0.5) is 10.2 Å². The Bertz CT molecular complexity index is 1540. The lowest BCUT2D eigenvalue weighted by Crippen LogP contribution is -2.54. The highest BCUT2D eigenvalue weighted by atomic mass is 19.1. The van der Waals surface area contributed by atoms with Crippen LogP contribution in [0.25, 0.3) is 22.5 Å². The second kappa shape index (κ2) is 10.2. The van der Waals surface area contributed by atoms with Crippen LogP contribution in [-0.4, -0.2) is 74.1 Å². The number of carbonyl (C=O) groups is 3. The number of halogens is 1. The Morgan fingerprint density at radius 1 is 1.16 bits per heavy atom. The third-order valence-corrected chi connectivity index (χ3v) is 5.97. The van der Waals surface area contributed by atoms with Gasteiger partial charge in [-0.2, -0.15) is 0 Å². The number of nitrogens with zero attached hydrogens (tertiary/aromatic N) is 6. The molecule has 1 aromatic carbocycles. The van der Waals surface area contributed by atoms with Crippen molar-refractivity contribution in [1.29, 1.82) is 0 Å². The second-order valence-electron chi connectivity index (χ2n) is 8.61. The van der Waals surface area contributed by atoms with Crippen LogP contribution in [0.15, 0.2) is 47.0 Å². The van der Waals surface area contributed by atoms with Crippen molar-refractivity contribution in [2.24, 2.45) is 0 Å². The number of carbonyl (C=O) groups excluding carboxylic acids is 3. The minimum absolute atomic E-state index is 0.0546. The molecule has 0 aliphatic carbocycles. The minimum atomic E-state index is -0.399. The van der Waals surface area contributed by atoms with E-state index in [0.717, 1.165) is 5.56 Å². The van der Waals surface area contributed by atoms with E-state index in [1.165, 1.54) is 35.1 Å². The maximum absolute atomic E-state index is 13.2. The van der Waals surface area contributed by atoms with Gasteiger partial charge in [0, 0.05) is 31.6 Å². The fourth-order valence-corrected chi connectivity index (χ4v) is 4.08. The molecule has 4 heterocycles. The van der Waals surface area contributed by atoms with Crippen molar-refractivity contribution in [2.75, 3.05) is 31.1 Å². The maximum Gasteiger partial charge on any atom is 0.270 e. The zero-order valence-electron chi connectivity index (χ0n) is 20.2. The van der Waals surface area contributed by atoms with Crippen molar-refractivity contribution in [3.05, 3.63) is 59.9 Å². The van der Waals surface area contributed by atoms with E-state index in [0.29, 0.717) is 5.39 Å². The number of aromatic nitrogens is 4. The highest BCUT2D eigenvalue weighted by Crippen LogP contribution is 2.37. The van der Waals surface area contributed by atoms with Gasteiger partial charge in [0.15, 0.2) is 11.4 Å². The number of piperazine rings is 1. The quantitative estimate of drug-likeness (QED) is 0.385. The molecular weight excluding hydrogens is 497 g/mol. The lowest BCUT2D eigenvalue weighted by molar-refractivity contribution is -0.137. The largest absolute Gasteiger partial charge is 0.504 e. The standard InChI is InChI=1S/C25H22FN7O5/c1-14(34)28-12-19(35)32-9-10-33(20(36)13-32)24-17-3-2-8-27-21(17)23(37)22(29-24)25-31-30-18(38-25)11-15-4-6-16(26)7-5-15/h2-8,37H,9-13H2,1H3,(H,28,34). The molecule has 3 amide bonds. The third-order valence-electron chi connectivity index (χ3n) is 5.97. The lowest BCUT2D eigenvalue weighted by Gasteiger charge is -2.34. The normalized spacial score (nSPS) is 13.7. The predicted octanol–water partition coefficient (Wildman–Crippen LogP) is 1.43. The molecule has 0 radical (unpaired) electrons. The first kappa shape index (κ1) is 24.7. The predicted molar refractivity (Wildman–Crippen MR) is 131 cm³/mol. The van der Waals surface area contributed by atoms with Crippen molar-refractivity contribution < 1.29 is 28.3 Å². The van der Waals surface area contributed by atoms with Crippen molar-refractivity contribution in [3.8, 4) is 17.3 Å². The van der Waals surface area contributed by atoms with Crippen molar-refractivity contribution in [3.63, 3.8) is 0 Å². The number of rotatable bonds is 6. The van der Waals surface area contributed by atoms with E-state index in [-0.39, 0.29) is 84.8 Å². The van der Waals surface area contributed by atoms with Crippen molar-refractivity contribution in [1.82, 2.24) is 30.4 Å². The molecule has 1 saturated heterocycles. The highest BCUT2D eigenvalue weighted by Gasteiger charge is 2.31. The van der Waals surface area contributed by atoms with Gasteiger partial charge in [0.25, 0.3) is 5.89 Å². The zero-order chi connectivity index (χ0) is 26.8. The molecule has 1 aliphatic rings. The molecule has 13 heteroatoms. The number of pyridine rings is 2. The number of amides is 3. The van der Waals surface area contributed by atoms with Crippen molar-refractivity contribution >= 4 is 34.4 Å². The van der Waals surface area contributed by atoms with Crippen molar-refractivity contribution in [2.45, 2.75) is 13.3 Å². The molecule has 12 nitrogen and oxygen atoms in total. The summed E-state index contributed by atoms with van der Waals surface area (Å²) in [4.78, 5) is 48.1. The van der Waals surface area contributed by atoms with Gasteiger partial charge in [-0.15, -0.1) is 10.2 Å². The van der Waals surface area contributed by atoms with Gasteiger partial charge in [0.05, 0.1) is 13.0 Å². The molecule has 4 aromatic rings. The number of hydrogen-bond donors (Lipinski definition) is 2. The van der Waals surface area contributed by atoms with Crippen LogP contribution in [0.1, 0.15) is 18.4 Å². The van der Waals surface area contributed by atoms with E-state index in [1.807, 2.05) is 0 Å². The van der Waals surface area contributed by atoms with Gasteiger partial charge in [0.1, 0.15) is 23.7 Å². The summed E-state index contributed by atoms with van der Waals surface area (Å²) in [6.45, 7) is 1.24. The summed E-state index contributed by atoms with van der Waals surface area (Å²) in [5.74, 6) is -1.41. The summed E-state index contributed by atoms with van der Waals surface area (Å²) in [6.07, 6.45) is 1.73. The maximum atomic E-state index is 13.2. The summed E-state index contributed by atoms with van der Waals surface area (Å²) in [5.41, 5.74) is 0.875. The van der Waals surface area contributed by atoms with Gasteiger partial charge >= 0.3 is 0 Å². The monoisotopic (exact) mass is 519 g/mol. The number of fused-ring (bicyclic) bond motifs is 1. The zero-order valence-corrected chi connectivity index (χ0v) is 20.2. The molecule has 0 spiro atoms. The number of anilines is 1. The average molecular weight is 519 g/mol. The number of hydrogen-bond acceptors (Lipinski definition) is 9. The topological polar surface area (TPSA) is 155 Å². The van der Waals surface area contributed by atoms with Crippen LogP contribution in [0.5, 0.6) is 5.75 Å². The molecule has 1 aliphatic heterocycles. The first-order valence-electron chi connectivity index (χ1n) is 11.7. The second-order valence-corrected chi connectivity index (χ2v) is 8.61. The van der Waals surface area contributed by atoms with Gasteiger partial charge in [-0.05, 0) is 29.8 Å². The van der Waals surface area contributed by atoms with Crippen LogP contribution in [-0.2, 0) is 20.8 Å². The molecule has 38 heavy (non-hydrogen) atoms. The van der Waals surface area contributed by atoms with E-state index < -0.39 is 5.91 Å². The molecule has 0 saturated carbocycles. The molecular formula is C25H22FN7O5. The first-order chi connectivity index (χ1) is 18.3. The molecule has 0 atom stereocenters. The van der Waals surface area contributed by atoms with E-state index in [4.69, 9.17) is 4.42 Å². The Labute approximate surface area is 215 Å². The van der Waals surface area contributed by atoms with Gasteiger partial charge in [-0.25, -0.2) is 9.37 Å². The Kier molecular flexibility index (Phi) is 6.64. The fourth-order valence-electron chi connectivity index (χ4n) is 4.08. The van der Waals surface area contributed by atoms with E-state index in [9.17, 15) is 23.9 Å². The smallest absolute Gasteiger partial charge is 0.270 e. The summed E-state index contributed by atoms with van der Waals surface area (Å²) >= 11 is 0. The lowest BCUT2D eigenvalue weighted by atomic mass is 10.1. The Balaban J connectivity index is 1.45. The Morgan fingerprint density at radius 3 is 2.68 bits per heavy atom. The van der Waals surface area contributed by atoms with Gasteiger partial charge in [-0.3, -0.25) is 24.3 Å². The molecule has 0 unspecified atom stereocenters. The molecule has 0 bridgehead atoms. The Hall–Kier alpha value is -4.94. The molecule has 2 N–H and O–H groups in total. The van der Waals surface area contributed by atoms with Gasteiger partial charge in [-0.1, -0.05) is 12.1 Å². The van der Waals surface area contributed by atoms with Crippen LogP contribution >= 0.6 is 0 Å². The number of nitrogens with one attached hydrogen (secondary N) is 1. The number of benzene rings is 1. The molecule has 1 fully saturated rings. The van der Waals surface area contributed by atoms with Crippen LogP contribution < -0.4 is 10.2 Å². The first-order valence-corrected chi connectivity index (χ1v) is 11.7. The van der Waals surface area contributed by atoms with Crippen LogP contribution in [0.2, 0.25) is 0 Å². The van der Waals surface area contributed by atoms with Crippen LogP contribution in [0.3, 0.4) is 0 Å². The van der Waals surface area contributed by atoms with Gasteiger partial charge < -0.3 is 19.7 Å². The summed E-state index contributed by atoms with van der Waals surface area (Å²) in [5, 5.41) is 21.8. The highest BCUT2D eigenvalue weighted by molar-refractivity contribution is 6.06. The third kappa shape index (κ3) is 4.98. The van der Waals surface area contributed by atoms with Crippen LogP contribution in [0, 0.1) is 5.82 Å². The summed E-state index contributed by atoms with van der Waals surface area (Å²) in [6, 6.07) is 9.16. The minimum Gasteiger partial charge on any atom is -0.504 e. The number of aromatic hydroxyl groups is 1. The van der Waals surface area contributed by atoms with E-state index >= 15 is 0 Å². The van der Waals surface area contributed by atoms with E-state index in [1.54, 1.807) is 24.3 Å². The molecule has 5 rings (SSSR count). The average Bonchev–Trinajstić information content (AvgIpc) is 3.37. The molecule has 194 valence electrons. The Morgan fingerprint density at radius 2 is 1.95 bits per heavy atom. The SMILES string of the molecule is CC(=O)NCC(=O)N1CCN(c2nc(-c3nnc(Cc4ccc(F)cc4)o3)c(O)c3ncccc23)C(=O)C1.